The molecule has 394 valence electrons. The summed E-state index contributed by atoms with van der Waals surface area (Å²) in [5, 5.41) is 31.3. The minimum Gasteiger partial charge on any atom is -0.479 e. The second kappa shape index (κ2) is 45.7. The number of allylic oxidation sites excluding steroid dienone is 23. The molecular formula is C59H86O12. The molecule has 0 saturated carbocycles. The molecule has 0 radical (unpaired) electrons. The van der Waals surface area contributed by atoms with E-state index in [9.17, 15) is 34.5 Å². The molecule has 71 heavy (non-hydrogen) atoms. The number of hydrogen-bond donors (Lipinski definition) is 3. The zero-order chi connectivity index (χ0) is 51.8. The Balaban J connectivity index is 2.86. The third kappa shape index (κ3) is 36.2. The topological polar surface area (TPSA) is 175 Å². The molecule has 1 aliphatic heterocycles. The van der Waals surface area contributed by atoms with Crippen molar-refractivity contribution in [1.29, 1.82) is 0 Å². The van der Waals surface area contributed by atoms with Gasteiger partial charge in [0, 0.05) is 12.8 Å². The fourth-order valence-corrected chi connectivity index (χ4v) is 6.59. The first-order valence-corrected chi connectivity index (χ1v) is 25.8. The first-order valence-electron chi connectivity index (χ1n) is 25.8. The molecule has 12 nitrogen and oxygen atoms in total. The summed E-state index contributed by atoms with van der Waals surface area (Å²) in [5.74, 6) is -3.47. The third-order valence-corrected chi connectivity index (χ3v) is 10.4. The van der Waals surface area contributed by atoms with Crippen LogP contribution in [-0.4, -0.2) is 89.2 Å². The molecule has 0 aromatic rings. The monoisotopic (exact) mass is 987 g/mol. The maximum Gasteiger partial charge on any atom is 0.335 e. The normalized spacial score (nSPS) is 19.7. The number of esters is 3. The van der Waals surface area contributed by atoms with E-state index in [2.05, 4.69) is 130 Å². The number of rotatable bonds is 40. The van der Waals surface area contributed by atoms with E-state index in [4.69, 9.17) is 23.7 Å². The Hall–Kier alpha value is -5.40. The van der Waals surface area contributed by atoms with Crippen molar-refractivity contribution in [3.63, 3.8) is 0 Å². The van der Waals surface area contributed by atoms with Crippen molar-refractivity contribution in [1.82, 2.24) is 0 Å². The lowest BCUT2D eigenvalue weighted by Crippen LogP contribution is -2.61. The van der Waals surface area contributed by atoms with Gasteiger partial charge in [0.1, 0.15) is 18.8 Å². The Kier molecular flexibility index (Phi) is 41.0. The quantitative estimate of drug-likeness (QED) is 0.0230. The van der Waals surface area contributed by atoms with Crippen LogP contribution in [-0.2, 0) is 42.9 Å². The average molecular weight is 987 g/mol. The maximum absolute atomic E-state index is 13.1. The second-order valence-electron chi connectivity index (χ2n) is 16.7. The van der Waals surface area contributed by atoms with Gasteiger partial charge in [0.05, 0.1) is 13.0 Å². The largest absolute Gasteiger partial charge is 0.479 e. The van der Waals surface area contributed by atoms with Crippen LogP contribution in [0.4, 0.5) is 0 Å². The van der Waals surface area contributed by atoms with Gasteiger partial charge in [-0.05, 0) is 103 Å². The molecule has 6 unspecified atom stereocenters. The molecule has 0 aliphatic carbocycles. The van der Waals surface area contributed by atoms with E-state index in [0.29, 0.717) is 19.3 Å². The van der Waals surface area contributed by atoms with E-state index in [1.807, 2.05) is 24.3 Å². The lowest BCUT2D eigenvalue weighted by atomic mass is 9.98. The molecule has 1 fully saturated rings. The zero-order valence-electron chi connectivity index (χ0n) is 42.9. The summed E-state index contributed by atoms with van der Waals surface area (Å²) in [4.78, 5) is 50.8. The Morgan fingerprint density at radius 3 is 1.38 bits per heavy atom. The zero-order valence-corrected chi connectivity index (χ0v) is 42.9. The van der Waals surface area contributed by atoms with Crippen molar-refractivity contribution in [2.45, 2.75) is 186 Å². The van der Waals surface area contributed by atoms with E-state index in [-0.39, 0.29) is 25.9 Å². The van der Waals surface area contributed by atoms with Gasteiger partial charge < -0.3 is 39.0 Å². The summed E-state index contributed by atoms with van der Waals surface area (Å²) in [5.41, 5.74) is 0. The highest BCUT2D eigenvalue weighted by molar-refractivity contribution is 5.74. The summed E-state index contributed by atoms with van der Waals surface area (Å²) in [6.45, 7) is 5.46. The van der Waals surface area contributed by atoms with Gasteiger partial charge in [0.15, 0.2) is 24.6 Å². The van der Waals surface area contributed by atoms with Gasteiger partial charge in [-0.3, -0.25) is 14.4 Å². The molecule has 0 spiro atoms. The second-order valence-corrected chi connectivity index (χ2v) is 16.7. The number of ether oxygens (including phenoxy) is 5. The molecule has 0 aromatic heterocycles. The Morgan fingerprint density at radius 1 is 0.479 bits per heavy atom. The van der Waals surface area contributed by atoms with E-state index in [1.54, 1.807) is 12.2 Å². The number of unbranched alkanes of at least 4 members (excludes halogenated alkanes) is 3. The Morgan fingerprint density at radius 2 is 0.915 bits per heavy atom. The molecule has 1 heterocycles. The first-order chi connectivity index (χ1) is 34.6. The highest BCUT2D eigenvalue weighted by Crippen LogP contribution is 2.26. The van der Waals surface area contributed by atoms with Gasteiger partial charge in [-0.15, -0.1) is 0 Å². The molecule has 0 amide bonds. The van der Waals surface area contributed by atoms with E-state index < -0.39 is 67.3 Å². The number of aliphatic hydroxyl groups excluding tert-OH is 2. The van der Waals surface area contributed by atoms with Gasteiger partial charge in [0.2, 0.25) is 0 Å². The van der Waals surface area contributed by atoms with Crippen molar-refractivity contribution in [3.8, 4) is 0 Å². The van der Waals surface area contributed by atoms with Crippen LogP contribution < -0.4 is 0 Å². The lowest BCUT2D eigenvalue weighted by molar-refractivity contribution is -0.301. The van der Waals surface area contributed by atoms with Crippen LogP contribution in [0.3, 0.4) is 0 Å². The van der Waals surface area contributed by atoms with Gasteiger partial charge in [0.25, 0.3) is 0 Å². The average Bonchev–Trinajstić information content (AvgIpc) is 3.35. The molecule has 1 saturated heterocycles. The molecular weight excluding hydrogens is 901 g/mol. The number of carboxylic acid groups (broad SMARTS) is 1. The maximum atomic E-state index is 13.1. The standard InChI is InChI=1S/C59H86O12/c1-4-7-10-13-16-19-22-25-26-29-32-35-38-41-44-47-53(62)70-57-55(64)54(63)56(58(65)66)71-59(57)68-49-50(69-52(61)46-43-40-37-34-31-28-24-21-18-15-12-9-6-3)48-67-51(60)45-42-39-36-33-30-27-23-20-17-14-11-8-5-2/h7-12,16-21,25-28,30-32,35-36,39,41,44,50,54-57,59,63-64H,4-6,13-15,22-24,29,33-34,37-38,40,42-43,45-49H2,1-3H3,(H,65,66)/b10-7-,11-8-,12-9-,19-16-,20-17-,21-18-,26-25-,30-27-,31-28-,35-32-,39-36-,44-41-. The van der Waals surface area contributed by atoms with Gasteiger partial charge in [-0.25, -0.2) is 4.79 Å². The molecule has 1 rings (SSSR count). The number of carbonyl (C=O) groups is 4. The summed E-state index contributed by atoms with van der Waals surface area (Å²) in [6, 6.07) is 0. The van der Waals surface area contributed by atoms with E-state index in [0.717, 1.165) is 89.9 Å². The fraction of sp³-hybridized carbons (Fsp3) is 0.525. The Bertz CT molecular complexity index is 1790. The van der Waals surface area contributed by atoms with Crippen molar-refractivity contribution in [2.24, 2.45) is 0 Å². The number of carbonyl (C=O) groups excluding carboxylic acids is 3. The van der Waals surface area contributed by atoms with Gasteiger partial charge in [-0.2, -0.15) is 0 Å². The SMILES string of the molecule is CC/C=C\C/C=C\C/C=C\C/C=C\C/C=C\CC(=O)OC1C(OCC(COC(=O)CC/C=C\C/C=C\C/C=C\C/C=C\CC)OC(=O)CCCCC/C=C\C/C=C\C/C=C\CC)OC(C(=O)O)C(O)C1O. The van der Waals surface area contributed by atoms with Crippen LogP contribution in [0.5, 0.6) is 0 Å². The molecule has 12 heteroatoms. The number of aliphatic carboxylic acids is 1. The predicted octanol–water partition coefficient (Wildman–Crippen LogP) is 12.4. The van der Waals surface area contributed by atoms with Crippen LogP contribution in [0.1, 0.15) is 149 Å². The van der Waals surface area contributed by atoms with Crippen molar-refractivity contribution < 1.29 is 58.2 Å². The number of carboxylic acids is 1. The minimum atomic E-state index is -1.95. The van der Waals surface area contributed by atoms with Crippen molar-refractivity contribution in [2.75, 3.05) is 13.2 Å². The van der Waals surface area contributed by atoms with Crippen molar-refractivity contribution >= 4 is 23.9 Å². The summed E-state index contributed by atoms with van der Waals surface area (Å²) in [7, 11) is 0. The minimum absolute atomic E-state index is 0.0722. The third-order valence-electron chi connectivity index (χ3n) is 10.4. The summed E-state index contributed by atoms with van der Waals surface area (Å²) >= 11 is 0. The predicted molar refractivity (Wildman–Crippen MR) is 284 cm³/mol. The van der Waals surface area contributed by atoms with Gasteiger partial charge >= 0.3 is 23.9 Å². The van der Waals surface area contributed by atoms with Crippen LogP contribution in [0, 0.1) is 0 Å². The van der Waals surface area contributed by atoms with Crippen molar-refractivity contribution in [3.05, 3.63) is 146 Å². The smallest absolute Gasteiger partial charge is 0.335 e. The molecule has 1 aliphatic rings. The van der Waals surface area contributed by atoms with Crippen LogP contribution in [0.15, 0.2) is 146 Å². The van der Waals surface area contributed by atoms with Crippen LogP contribution in [0.25, 0.3) is 0 Å². The number of aliphatic hydroxyl groups is 2. The highest BCUT2D eigenvalue weighted by atomic mass is 16.7. The summed E-state index contributed by atoms with van der Waals surface area (Å²) < 4.78 is 28.0. The summed E-state index contributed by atoms with van der Waals surface area (Å²) in [6.07, 6.45) is 53.1. The van der Waals surface area contributed by atoms with E-state index >= 15 is 0 Å². The van der Waals surface area contributed by atoms with E-state index in [1.165, 1.54) is 0 Å². The van der Waals surface area contributed by atoms with Gasteiger partial charge in [-0.1, -0.05) is 173 Å². The van der Waals surface area contributed by atoms with Crippen LogP contribution in [0.2, 0.25) is 0 Å². The molecule has 0 aromatic carbocycles. The molecule has 6 atom stereocenters. The Labute approximate surface area is 425 Å². The molecule has 3 N–H and O–H groups in total. The highest BCUT2D eigenvalue weighted by Gasteiger charge is 2.50. The van der Waals surface area contributed by atoms with Crippen LogP contribution >= 0.6 is 0 Å². The number of hydrogen-bond acceptors (Lipinski definition) is 11. The fourth-order valence-electron chi connectivity index (χ4n) is 6.59. The molecule has 0 bridgehead atoms. The first kappa shape index (κ1) is 63.6. The lowest BCUT2D eigenvalue weighted by Gasteiger charge is -2.40.